The third kappa shape index (κ3) is 7.91. The largest absolute Gasteiger partial charge is 0.405 e. The van der Waals surface area contributed by atoms with Crippen LogP contribution in [-0.4, -0.2) is 36.6 Å². The summed E-state index contributed by atoms with van der Waals surface area (Å²) in [4.78, 5) is 24.6. The first-order chi connectivity index (χ1) is 13.6. The van der Waals surface area contributed by atoms with Crippen LogP contribution in [0.5, 0.6) is 0 Å². The molecule has 0 aromatic heterocycles. The van der Waals surface area contributed by atoms with Crippen molar-refractivity contribution in [1.82, 2.24) is 5.32 Å². The summed E-state index contributed by atoms with van der Waals surface area (Å²) in [7, 11) is 1.76. The number of aryl methyl sites for hydroxylation is 1. The van der Waals surface area contributed by atoms with E-state index in [-0.39, 0.29) is 17.3 Å². The number of halogens is 3. The fourth-order valence-electron chi connectivity index (χ4n) is 3.12. The maximum absolute atomic E-state index is 12.4. The highest BCUT2D eigenvalue weighted by Crippen LogP contribution is 2.33. The molecular formula is C20H32F3N3O3. The molecule has 2 rings (SSSR count). The van der Waals surface area contributed by atoms with E-state index < -0.39 is 23.6 Å². The van der Waals surface area contributed by atoms with Crippen LogP contribution in [0.4, 0.5) is 24.5 Å². The molecule has 1 fully saturated rings. The first-order valence-corrected chi connectivity index (χ1v) is 9.97. The van der Waals surface area contributed by atoms with Gasteiger partial charge < -0.3 is 10.2 Å². The molecule has 0 atom stereocenters. The van der Waals surface area contributed by atoms with Crippen LogP contribution >= 0.6 is 0 Å². The Morgan fingerprint density at radius 3 is 2.17 bits per heavy atom. The zero-order valence-electron chi connectivity index (χ0n) is 18.0. The molecule has 1 saturated carbocycles. The van der Waals surface area contributed by atoms with Crippen LogP contribution in [-0.2, 0) is 0 Å². The van der Waals surface area contributed by atoms with Crippen molar-refractivity contribution >= 4 is 17.3 Å². The second-order valence-corrected chi connectivity index (χ2v) is 6.26. The zero-order valence-corrected chi connectivity index (χ0v) is 18.0. The van der Waals surface area contributed by atoms with Crippen LogP contribution in [0.3, 0.4) is 0 Å². The topological polar surface area (TPSA) is 75.5 Å². The third-order valence-corrected chi connectivity index (χ3v) is 4.46. The number of nitro benzene ring substituents is 1. The first kappa shape index (κ1) is 26.7. The Kier molecular flexibility index (Phi) is 11.3. The van der Waals surface area contributed by atoms with Crippen molar-refractivity contribution in [3.05, 3.63) is 33.4 Å². The lowest BCUT2D eigenvalue weighted by atomic mass is 10.0. The van der Waals surface area contributed by atoms with Crippen molar-refractivity contribution in [3.8, 4) is 0 Å². The van der Waals surface area contributed by atoms with Crippen molar-refractivity contribution < 1.29 is 22.9 Å². The Balaban J connectivity index is 0.00000184. The highest BCUT2D eigenvalue weighted by molar-refractivity contribution is 6.00. The molecule has 1 aromatic carbocycles. The molecule has 0 bridgehead atoms. The Morgan fingerprint density at radius 2 is 1.72 bits per heavy atom. The molecule has 0 radical (unpaired) electrons. The van der Waals surface area contributed by atoms with Gasteiger partial charge in [-0.3, -0.25) is 14.9 Å². The van der Waals surface area contributed by atoms with Crippen molar-refractivity contribution in [2.45, 2.75) is 72.5 Å². The molecule has 0 saturated heterocycles. The summed E-state index contributed by atoms with van der Waals surface area (Å²) in [5.74, 6) is -0.972. The molecule has 0 spiro atoms. The Bertz CT molecular complexity index is 673. The molecule has 29 heavy (non-hydrogen) atoms. The van der Waals surface area contributed by atoms with Crippen LogP contribution in [0.25, 0.3) is 0 Å². The van der Waals surface area contributed by atoms with Gasteiger partial charge in [-0.15, -0.1) is 0 Å². The summed E-state index contributed by atoms with van der Waals surface area (Å²) in [5, 5.41) is 12.9. The number of carbonyl (C=O) groups excluding carboxylic acids is 1. The third-order valence-electron chi connectivity index (χ3n) is 4.46. The number of nitrogens with one attached hydrogen (secondary N) is 1. The summed E-state index contributed by atoms with van der Waals surface area (Å²) in [5.41, 5.74) is 0.364. The second kappa shape index (κ2) is 12.3. The van der Waals surface area contributed by atoms with Gasteiger partial charge in [0.25, 0.3) is 11.6 Å². The van der Waals surface area contributed by atoms with Gasteiger partial charge in [-0.1, -0.05) is 40.5 Å². The minimum absolute atomic E-state index is 0.115. The quantitative estimate of drug-likeness (QED) is 0.496. The van der Waals surface area contributed by atoms with E-state index in [1.807, 2.05) is 32.6 Å². The molecule has 0 aliphatic heterocycles. The number of hydrogen-bond acceptors (Lipinski definition) is 4. The molecule has 6 nitrogen and oxygen atoms in total. The molecule has 166 valence electrons. The van der Waals surface area contributed by atoms with Crippen molar-refractivity contribution in [2.24, 2.45) is 0 Å². The summed E-state index contributed by atoms with van der Waals surface area (Å²) in [6, 6.07) is 2.72. The lowest BCUT2D eigenvalue weighted by molar-refractivity contribution is -0.385. The standard InChI is InChI=1S/C16H20F3N3O3.2C2H6/c1-10-7-14(21(2)11-5-3-4-6-11)12(8-13(10)22(24)25)15(23)20-9-16(17,18)19;2*1-2/h7-8,11H,3-6,9H2,1-2H3,(H,20,23);2*1-2H3. The normalized spacial score (nSPS) is 13.6. The zero-order chi connectivity index (χ0) is 22.8. The van der Waals surface area contributed by atoms with Gasteiger partial charge in [0, 0.05) is 24.7 Å². The second-order valence-electron chi connectivity index (χ2n) is 6.26. The van der Waals surface area contributed by atoms with Gasteiger partial charge in [0.05, 0.1) is 16.2 Å². The molecule has 0 unspecified atom stereocenters. The Labute approximate surface area is 170 Å². The molecular weight excluding hydrogens is 387 g/mol. The van der Waals surface area contributed by atoms with E-state index in [0.29, 0.717) is 11.3 Å². The van der Waals surface area contributed by atoms with Crippen molar-refractivity contribution in [3.63, 3.8) is 0 Å². The minimum Gasteiger partial charge on any atom is -0.371 e. The molecule has 1 amide bonds. The molecule has 0 heterocycles. The highest BCUT2D eigenvalue weighted by atomic mass is 19.4. The Hall–Kier alpha value is -2.32. The van der Waals surface area contributed by atoms with Crippen LogP contribution in [0.2, 0.25) is 0 Å². The minimum atomic E-state index is -4.55. The SMILES string of the molecule is CC.CC.Cc1cc(N(C)C2CCCC2)c(C(=O)NCC(F)(F)F)cc1[N+](=O)[O-]. The van der Waals surface area contributed by atoms with E-state index in [2.05, 4.69) is 0 Å². The number of amides is 1. The van der Waals surface area contributed by atoms with Gasteiger partial charge in [0.1, 0.15) is 6.54 Å². The monoisotopic (exact) mass is 419 g/mol. The predicted molar refractivity (Wildman–Crippen MR) is 110 cm³/mol. The summed E-state index contributed by atoms with van der Waals surface area (Å²) in [6.07, 6.45) is -0.650. The van der Waals surface area contributed by atoms with Gasteiger partial charge in [0.2, 0.25) is 0 Å². The smallest absolute Gasteiger partial charge is 0.371 e. The lowest BCUT2D eigenvalue weighted by Gasteiger charge is -2.28. The highest BCUT2D eigenvalue weighted by Gasteiger charge is 2.30. The van der Waals surface area contributed by atoms with Crippen LogP contribution in [0.1, 0.15) is 69.3 Å². The number of rotatable bonds is 5. The molecule has 1 aliphatic carbocycles. The average Bonchev–Trinajstić information content (AvgIpc) is 3.22. The van der Waals surface area contributed by atoms with Gasteiger partial charge in [0.15, 0.2) is 0 Å². The van der Waals surface area contributed by atoms with E-state index in [0.717, 1.165) is 31.7 Å². The summed E-state index contributed by atoms with van der Waals surface area (Å²) < 4.78 is 37.1. The van der Waals surface area contributed by atoms with Crippen molar-refractivity contribution in [1.29, 1.82) is 0 Å². The number of anilines is 1. The van der Waals surface area contributed by atoms with E-state index in [1.54, 1.807) is 19.3 Å². The van der Waals surface area contributed by atoms with E-state index in [1.165, 1.54) is 6.07 Å². The van der Waals surface area contributed by atoms with Gasteiger partial charge in [-0.2, -0.15) is 13.2 Å². The predicted octanol–water partition coefficient (Wildman–Crippen LogP) is 5.63. The van der Waals surface area contributed by atoms with Crippen LogP contribution in [0, 0.1) is 17.0 Å². The van der Waals surface area contributed by atoms with Gasteiger partial charge >= 0.3 is 6.18 Å². The summed E-state index contributed by atoms with van der Waals surface area (Å²) >= 11 is 0. The van der Waals surface area contributed by atoms with Crippen LogP contribution < -0.4 is 10.2 Å². The van der Waals surface area contributed by atoms with Gasteiger partial charge in [-0.25, -0.2) is 0 Å². The lowest BCUT2D eigenvalue weighted by Crippen LogP contribution is -2.36. The Morgan fingerprint density at radius 1 is 1.21 bits per heavy atom. The fraction of sp³-hybridized carbons (Fsp3) is 0.650. The van der Waals surface area contributed by atoms with Gasteiger partial charge in [-0.05, 0) is 25.8 Å². The number of benzene rings is 1. The van der Waals surface area contributed by atoms with E-state index in [4.69, 9.17) is 0 Å². The van der Waals surface area contributed by atoms with E-state index in [9.17, 15) is 28.1 Å². The molecule has 9 heteroatoms. The molecule has 1 aliphatic rings. The van der Waals surface area contributed by atoms with Crippen molar-refractivity contribution in [2.75, 3.05) is 18.5 Å². The average molecular weight is 419 g/mol. The fourth-order valence-corrected chi connectivity index (χ4v) is 3.12. The first-order valence-electron chi connectivity index (χ1n) is 9.97. The molecule has 1 aromatic rings. The number of hydrogen-bond donors (Lipinski definition) is 1. The number of carbonyl (C=O) groups is 1. The number of nitrogens with zero attached hydrogens (tertiary/aromatic N) is 2. The number of nitro groups is 1. The maximum Gasteiger partial charge on any atom is 0.405 e. The maximum atomic E-state index is 12.4. The molecule has 1 N–H and O–H groups in total. The number of alkyl halides is 3. The van der Waals surface area contributed by atoms with E-state index >= 15 is 0 Å². The summed E-state index contributed by atoms with van der Waals surface area (Å²) in [6.45, 7) is 8.06. The van der Waals surface area contributed by atoms with Crippen LogP contribution in [0.15, 0.2) is 12.1 Å².